The van der Waals surface area contributed by atoms with Gasteiger partial charge in [0.15, 0.2) is 0 Å². The topological polar surface area (TPSA) is 43.9 Å². The molecule has 3 aromatic heterocycles. The highest BCUT2D eigenvalue weighted by atomic mass is 16.3. The molecule has 0 unspecified atom stereocenters. The third kappa shape index (κ3) is 4.40. The normalized spacial score (nSPS) is 14.6. The van der Waals surface area contributed by atoms with E-state index in [1.807, 2.05) is 6.07 Å². The molecule has 0 radical (unpaired) electrons. The summed E-state index contributed by atoms with van der Waals surface area (Å²) < 4.78 is 9.03. The average molecular weight is 770 g/mol. The first kappa shape index (κ1) is 33.6. The van der Waals surface area contributed by atoms with Crippen LogP contribution in [0, 0.1) is 0 Å². The Morgan fingerprint density at radius 2 is 1.05 bits per heavy atom. The molecule has 2 aliphatic rings. The van der Waals surface area contributed by atoms with Crippen molar-refractivity contribution in [1.82, 2.24) is 14.5 Å². The van der Waals surface area contributed by atoms with Gasteiger partial charge in [-0.2, -0.15) is 0 Å². The smallest absolute Gasteiger partial charge is 0.235 e. The molecule has 0 fully saturated rings. The largest absolute Gasteiger partial charge is 0.455 e. The van der Waals surface area contributed by atoms with Crippen LogP contribution in [0.1, 0.15) is 49.9 Å². The lowest BCUT2D eigenvalue weighted by atomic mass is 9.82. The van der Waals surface area contributed by atoms with Crippen molar-refractivity contribution in [3.63, 3.8) is 0 Å². The molecule has 8 aromatic carbocycles. The van der Waals surface area contributed by atoms with Gasteiger partial charge in [0.05, 0.1) is 27.6 Å². The number of para-hydroxylation sites is 2. The van der Waals surface area contributed by atoms with Gasteiger partial charge in [0.25, 0.3) is 0 Å². The summed E-state index contributed by atoms with van der Waals surface area (Å²) in [4.78, 5) is 10.9. The Balaban J connectivity index is 1.06. The van der Waals surface area contributed by atoms with Crippen LogP contribution in [0.2, 0.25) is 0 Å². The van der Waals surface area contributed by atoms with Gasteiger partial charge >= 0.3 is 0 Å². The second kappa shape index (κ2) is 11.7. The number of fused-ring (bicyclic) bond motifs is 14. The van der Waals surface area contributed by atoms with Gasteiger partial charge in [0.1, 0.15) is 11.2 Å². The first-order chi connectivity index (χ1) is 29.3. The summed E-state index contributed by atoms with van der Waals surface area (Å²) in [7, 11) is 0. The molecular formula is C56H39N3O. The van der Waals surface area contributed by atoms with E-state index in [1.165, 1.54) is 50.1 Å². The van der Waals surface area contributed by atoms with E-state index < -0.39 is 0 Å². The highest BCUT2D eigenvalue weighted by Crippen LogP contribution is 2.51. The molecule has 4 heteroatoms. The number of rotatable bonds is 3. The van der Waals surface area contributed by atoms with Crippen molar-refractivity contribution in [2.75, 3.05) is 0 Å². The number of benzene rings is 8. The summed E-state index contributed by atoms with van der Waals surface area (Å²) in [5, 5.41) is 5.39. The van der Waals surface area contributed by atoms with E-state index in [0.717, 1.165) is 71.5 Å². The summed E-state index contributed by atoms with van der Waals surface area (Å²) >= 11 is 0. The second-order valence-electron chi connectivity index (χ2n) is 17.8. The first-order valence-electron chi connectivity index (χ1n) is 20.9. The first-order valence-corrected chi connectivity index (χ1v) is 20.9. The molecule has 13 rings (SSSR count). The predicted octanol–water partition coefficient (Wildman–Crippen LogP) is 14.6. The molecule has 0 N–H and O–H groups in total. The summed E-state index contributed by atoms with van der Waals surface area (Å²) in [5.41, 5.74) is 19.5. The molecule has 0 amide bonds. The van der Waals surface area contributed by atoms with Crippen LogP contribution in [0.5, 0.6) is 0 Å². The zero-order valence-electron chi connectivity index (χ0n) is 33.8. The van der Waals surface area contributed by atoms with Gasteiger partial charge in [-0.15, -0.1) is 0 Å². The van der Waals surface area contributed by atoms with Gasteiger partial charge in [-0.3, -0.25) is 4.57 Å². The highest BCUT2D eigenvalue weighted by molar-refractivity contribution is 6.24. The van der Waals surface area contributed by atoms with Crippen LogP contribution >= 0.6 is 0 Å². The van der Waals surface area contributed by atoms with Crippen LogP contribution < -0.4 is 0 Å². The molecule has 0 aliphatic heterocycles. The van der Waals surface area contributed by atoms with Crippen molar-refractivity contribution in [2.45, 2.75) is 38.5 Å². The van der Waals surface area contributed by atoms with Crippen molar-refractivity contribution in [2.24, 2.45) is 0 Å². The van der Waals surface area contributed by atoms with E-state index in [0.29, 0.717) is 5.95 Å². The van der Waals surface area contributed by atoms with E-state index >= 15 is 0 Å². The fourth-order valence-corrected chi connectivity index (χ4v) is 10.8. The van der Waals surface area contributed by atoms with Crippen molar-refractivity contribution in [1.29, 1.82) is 0 Å². The summed E-state index contributed by atoms with van der Waals surface area (Å²) in [6, 6.07) is 59.6. The number of hydrogen-bond acceptors (Lipinski definition) is 3. The Labute approximate surface area is 347 Å². The Bertz CT molecular complexity index is 3670. The quantitative estimate of drug-likeness (QED) is 0.180. The number of aromatic nitrogens is 3. The SMILES string of the molecule is CC1(C)c2ccccc2-c2cc(-c3ccc4c(c3)c3c5oc6ccccc6c5ccc3n4-c3nc(-c4ccc5c(c4)C(C)(C)c4ccccc4-5)c4ccccc4n3)ccc21. The molecule has 4 nitrogen and oxygen atoms in total. The maximum atomic E-state index is 6.79. The van der Waals surface area contributed by atoms with Crippen LogP contribution in [0.15, 0.2) is 168 Å². The molecule has 0 saturated carbocycles. The minimum Gasteiger partial charge on any atom is -0.455 e. The Hall–Kier alpha value is -7.30. The van der Waals surface area contributed by atoms with Crippen molar-refractivity contribution >= 4 is 54.6 Å². The summed E-state index contributed by atoms with van der Waals surface area (Å²) in [5.74, 6) is 0.631. The van der Waals surface area contributed by atoms with Gasteiger partial charge in [0.2, 0.25) is 5.95 Å². The lowest BCUT2D eigenvalue weighted by Gasteiger charge is -2.22. The van der Waals surface area contributed by atoms with Crippen LogP contribution in [0.3, 0.4) is 0 Å². The molecule has 11 aromatic rings. The molecule has 0 atom stereocenters. The highest BCUT2D eigenvalue weighted by Gasteiger charge is 2.37. The number of nitrogens with zero attached hydrogens (tertiary/aromatic N) is 3. The zero-order chi connectivity index (χ0) is 40.1. The standard InChI is InChI=1S/C56H39N3O/c1-55(2)44-18-10-6-14-36(44)41-29-32(22-26-45(41)55)33-23-27-48-42(30-33)51-49(28-25-39-38-15-8-12-20-50(38)60-53(39)51)59(48)54-57-47-19-11-7-16-40(47)52(58-54)34-21-24-37-35-13-5-9-17-43(35)56(3,4)46(37)31-34/h5-31H,1-4H3. The predicted molar refractivity (Wildman–Crippen MR) is 247 cm³/mol. The fourth-order valence-electron chi connectivity index (χ4n) is 10.8. The monoisotopic (exact) mass is 769 g/mol. The molecule has 284 valence electrons. The van der Waals surface area contributed by atoms with E-state index in [2.05, 4.69) is 190 Å². The molecule has 0 saturated heterocycles. The molecule has 60 heavy (non-hydrogen) atoms. The van der Waals surface area contributed by atoms with Gasteiger partial charge in [-0.25, -0.2) is 9.97 Å². The van der Waals surface area contributed by atoms with Crippen LogP contribution in [0.25, 0.3) is 105 Å². The maximum Gasteiger partial charge on any atom is 0.235 e. The molecule has 0 spiro atoms. The fraction of sp³-hybridized carbons (Fsp3) is 0.107. The van der Waals surface area contributed by atoms with Gasteiger partial charge in [0, 0.05) is 37.9 Å². The Kier molecular flexibility index (Phi) is 6.55. The van der Waals surface area contributed by atoms with Crippen molar-refractivity contribution in [3.8, 4) is 50.6 Å². The van der Waals surface area contributed by atoms with E-state index in [1.54, 1.807) is 0 Å². The minimum absolute atomic E-state index is 0.0472. The third-order valence-corrected chi connectivity index (χ3v) is 13.8. The van der Waals surface area contributed by atoms with Gasteiger partial charge in [-0.1, -0.05) is 143 Å². The van der Waals surface area contributed by atoms with Gasteiger partial charge < -0.3 is 4.42 Å². The van der Waals surface area contributed by atoms with Crippen LogP contribution in [-0.2, 0) is 10.8 Å². The van der Waals surface area contributed by atoms with Crippen LogP contribution in [0.4, 0.5) is 0 Å². The molecule has 0 bridgehead atoms. The minimum atomic E-state index is -0.130. The van der Waals surface area contributed by atoms with E-state index in [9.17, 15) is 0 Å². The number of furan rings is 1. The summed E-state index contributed by atoms with van der Waals surface area (Å²) in [6.45, 7) is 9.33. The molecule has 2 aliphatic carbocycles. The third-order valence-electron chi connectivity index (χ3n) is 13.8. The summed E-state index contributed by atoms with van der Waals surface area (Å²) in [6.07, 6.45) is 0. The van der Waals surface area contributed by atoms with E-state index in [4.69, 9.17) is 14.4 Å². The van der Waals surface area contributed by atoms with Crippen molar-refractivity contribution < 1.29 is 4.42 Å². The molecule has 3 heterocycles. The Morgan fingerprint density at radius 1 is 0.433 bits per heavy atom. The van der Waals surface area contributed by atoms with Crippen molar-refractivity contribution in [3.05, 3.63) is 186 Å². The molecular weight excluding hydrogens is 731 g/mol. The Morgan fingerprint density at radius 3 is 1.88 bits per heavy atom. The van der Waals surface area contributed by atoms with E-state index in [-0.39, 0.29) is 10.8 Å². The second-order valence-corrected chi connectivity index (χ2v) is 17.8. The average Bonchev–Trinajstić information content (AvgIpc) is 3.96. The van der Waals surface area contributed by atoms with Gasteiger partial charge in [-0.05, 0) is 104 Å². The maximum absolute atomic E-state index is 6.79. The zero-order valence-corrected chi connectivity index (χ0v) is 33.8. The lowest BCUT2D eigenvalue weighted by Crippen LogP contribution is -2.15. The lowest BCUT2D eigenvalue weighted by molar-refractivity contribution is 0.660. The van der Waals surface area contributed by atoms with Crippen LogP contribution in [-0.4, -0.2) is 14.5 Å². The number of hydrogen-bond donors (Lipinski definition) is 0.